The fraction of sp³-hybridized carbons (Fsp3) is 0.353. The van der Waals surface area contributed by atoms with Crippen molar-refractivity contribution in [1.29, 1.82) is 0 Å². The highest BCUT2D eigenvalue weighted by Crippen LogP contribution is 2.18. The minimum atomic E-state index is -0.251. The van der Waals surface area contributed by atoms with E-state index in [1.54, 1.807) is 36.7 Å². The van der Waals surface area contributed by atoms with Crippen molar-refractivity contribution < 1.29 is 4.79 Å². The molecule has 126 valence electrons. The summed E-state index contributed by atoms with van der Waals surface area (Å²) in [5.41, 5.74) is 0.422. The number of benzene rings is 1. The fourth-order valence-electron chi connectivity index (χ4n) is 2.80. The Balaban J connectivity index is 1.69. The predicted molar refractivity (Wildman–Crippen MR) is 96.0 cm³/mol. The molecule has 7 heteroatoms. The first-order valence-electron chi connectivity index (χ1n) is 7.89. The Bertz CT molecular complexity index is 787. The quantitative estimate of drug-likeness (QED) is 0.829. The van der Waals surface area contributed by atoms with E-state index in [1.165, 1.54) is 17.4 Å². The number of aromatic nitrogens is 2. The van der Waals surface area contributed by atoms with Gasteiger partial charge >= 0.3 is 0 Å². The van der Waals surface area contributed by atoms with Crippen LogP contribution in [0.4, 0.5) is 0 Å². The Hall–Kier alpha value is -1.79. The third kappa shape index (κ3) is 4.19. The van der Waals surface area contributed by atoms with E-state index in [9.17, 15) is 9.59 Å². The number of carbonyl (C=O) groups excluding carboxylic acids is 1. The van der Waals surface area contributed by atoms with E-state index < -0.39 is 0 Å². The number of amides is 1. The van der Waals surface area contributed by atoms with Gasteiger partial charge in [-0.3, -0.25) is 14.2 Å². The summed E-state index contributed by atoms with van der Waals surface area (Å²) < 4.78 is 1.48. The maximum atomic E-state index is 12.5. The molecular formula is C17H18ClN3O2S. The van der Waals surface area contributed by atoms with E-state index in [0.29, 0.717) is 15.7 Å². The van der Waals surface area contributed by atoms with Gasteiger partial charge in [-0.1, -0.05) is 42.3 Å². The zero-order chi connectivity index (χ0) is 16.9. The highest BCUT2D eigenvalue weighted by Gasteiger charge is 2.17. The van der Waals surface area contributed by atoms with E-state index in [2.05, 4.69) is 10.3 Å². The number of hydrogen-bond donors (Lipinski definition) is 1. The fourth-order valence-corrected chi connectivity index (χ4v) is 3.69. The van der Waals surface area contributed by atoms with Crippen molar-refractivity contribution in [2.24, 2.45) is 0 Å². The van der Waals surface area contributed by atoms with Gasteiger partial charge in [-0.05, 0) is 31.0 Å². The minimum absolute atomic E-state index is 0.0498. The van der Waals surface area contributed by atoms with Crippen molar-refractivity contribution in [3.8, 4) is 5.69 Å². The zero-order valence-corrected chi connectivity index (χ0v) is 14.6. The second-order valence-electron chi connectivity index (χ2n) is 5.72. The number of nitrogens with zero attached hydrogens (tertiary/aromatic N) is 2. The van der Waals surface area contributed by atoms with Gasteiger partial charge in [0.1, 0.15) is 0 Å². The first-order chi connectivity index (χ1) is 11.6. The number of halogens is 1. The molecule has 2 aromatic rings. The van der Waals surface area contributed by atoms with Gasteiger partial charge in [-0.15, -0.1) is 0 Å². The van der Waals surface area contributed by atoms with Gasteiger partial charge in [0.05, 0.1) is 11.4 Å². The lowest BCUT2D eigenvalue weighted by molar-refractivity contribution is -0.119. The normalized spacial score (nSPS) is 14.7. The average molecular weight is 364 g/mol. The highest BCUT2D eigenvalue weighted by molar-refractivity contribution is 7.99. The van der Waals surface area contributed by atoms with Gasteiger partial charge in [0.2, 0.25) is 5.91 Å². The average Bonchev–Trinajstić information content (AvgIpc) is 3.07. The van der Waals surface area contributed by atoms with E-state index in [0.717, 1.165) is 24.6 Å². The Morgan fingerprint density at radius 3 is 2.92 bits per heavy atom. The summed E-state index contributed by atoms with van der Waals surface area (Å²) in [7, 11) is 0. The van der Waals surface area contributed by atoms with Crippen LogP contribution in [-0.2, 0) is 4.79 Å². The van der Waals surface area contributed by atoms with Gasteiger partial charge in [0, 0.05) is 23.5 Å². The van der Waals surface area contributed by atoms with Gasteiger partial charge in [-0.2, -0.15) is 0 Å². The molecule has 1 aliphatic rings. The Morgan fingerprint density at radius 1 is 1.38 bits per heavy atom. The molecule has 1 saturated carbocycles. The molecule has 0 bridgehead atoms. The van der Waals surface area contributed by atoms with Crippen LogP contribution in [0.2, 0.25) is 5.02 Å². The van der Waals surface area contributed by atoms with E-state index in [1.807, 2.05) is 0 Å². The summed E-state index contributed by atoms with van der Waals surface area (Å²) >= 11 is 7.14. The predicted octanol–water partition coefficient (Wildman–Crippen LogP) is 3.04. The van der Waals surface area contributed by atoms with Crippen LogP contribution in [0.5, 0.6) is 0 Å². The molecule has 1 amide bonds. The van der Waals surface area contributed by atoms with Gasteiger partial charge in [0.15, 0.2) is 5.03 Å². The molecule has 1 aromatic carbocycles. The molecule has 1 fully saturated rings. The first kappa shape index (κ1) is 17.0. The Labute approximate surface area is 149 Å². The van der Waals surface area contributed by atoms with Crippen molar-refractivity contribution >= 4 is 29.3 Å². The molecule has 1 heterocycles. The molecule has 0 atom stereocenters. The molecule has 1 aliphatic carbocycles. The number of thioether (sulfide) groups is 1. The third-order valence-electron chi connectivity index (χ3n) is 3.96. The Kier molecular flexibility index (Phi) is 5.58. The van der Waals surface area contributed by atoms with Gasteiger partial charge in [-0.25, -0.2) is 4.98 Å². The highest BCUT2D eigenvalue weighted by atomic mass is 35.5. The van der Waals surface area contributed by atoms with Crippen molar-refractivity contribution in [3.05, 3.63) is 52.0 Å². The molecule has 0 radical (unpaired) electrons. The summed E-state index contributed by atoms with van der Waals surface area (Å²) in [5, 5.41) is 3.87. The van der Waals surface area contributed by atoms with Crippen LogP contribution in [0.15, 0.2) is 46.5 Å². The van der Waals surface area contributed by atoms with Gasteiger partial charge < -0.3 is 5.32 Å². The second kappa shape index (κ2) is 7.85. The standard InChI is InChI=1S/C17H18ClN3O2S/c18-12-4-3-7-14(10-12)21-9-8-19-16(17(21)23)24-11-15(22)20-13-5-1-2-6-13/h3-4,7-10,13H,1-2,5-6,11H2,(H,20,22). The molecule has 0 spiro atoms. The van der Waals surface area contributed by atoms with Gasteiger partial charge in [0.25, 0.3) is 5.56 Å². The van der Waals surface area contributed by atoms with Crippen LogP contribution >= 0.6 is 23.4 Å². The van der Waals surface area contributed by atoms with Crippen molar-refractivity contribution in [2.75, 3.05) is 5.75 Å². The molecule has 5 nitrogen and oxygen atoms in total. The van der Waals surface area contributed by atoms with Crippen LogP contribution in [0.25, 0.3) is 5.69 Å². The zero-order valence-electron chi connectivity index (χ0n) is 13.1. The molecule has 1 N–H and O–H groups in total. The number of nitrogens with one attached hydrogen (secondary N) is 1. The Morgan fingerprint density at radius 2 is 2.17 bits per heavy atom. The lowest BCUT2D eigenvalue weighted by Crippen LogP contribution is -2.34. The summed E-state index contributed by atoms with van der Waals surface area (Å²) in [6, 6.07) is 7.33. The lowest BCUT2D eigenvalue weighted by atomic mass is 10.2. The van der Waals surface area contributed by atoms with Crippen molar-refractivity contribution in [2.45, 2.75) is 36.8 Å². The van der Waals surface area contributed by atoms with Crippen molar-refractivity contribution in [1.82, 2.24) is 14.9 Å². The number of hydrogen-bond acceptors (Lipinski definition) is 4. The number of rotatable bonds is 5. The SMILES string of the molecule is O=C(CSc1nccn(-c2cccc(Cl)c2)c1=O)NC1CCCC1. The molecule has 0 unspecified atom stereocenters. The van der Waals surface area contributed by atoms with Crippen LogP contribution in [-0.4, -0.2) is 27.3 Å². The summed E-state index contributed by atoms with van der Waals surface area (Å²) in [5.74, 6) is 0.143. The maximum absolute atomic E-state index is 12.5. The van der Waals surface area contributed by atoms with Crippen LogP contribution in [0.1, 0.15) is 25.7 Å². The summed E-state index contributed by atoms with van der Waals surface area (Å²) in [6.45, 7) is 0. The molecule has 3 rings (SSSR count). The summed E-state index contributed by atoms with van der Waals surface area (Å²) in [4.78, 5) is 28.6. The second-order valence-corrected chi connectivity index (χ2v) is 7.13. The molecule has 0 saturated heterocycles. The summed E-state index contributed by atoms with van der Waals surface area (Å²) in [6.07, 6.45) is 7.57. The van der Waals surface area contributed by atoms with Crippen molar-refractivity contribution in [3.63, 3.8) is 0 Å². The molecule has 0 aliphatic heterocycles. The van der Waals surface area contributed by atoms with E-state index >= 15 is 0 Å². The van der Waals surface area contributed by atoms with E-state index in [-0.39, 0.29) is 23.3 Å². The van der Waals surface area contributed by atoms with Crippen LogP contribution in [0.3, 0.4) is 0 Å². The lowest BCUT2D eigenvalue weighted by Gasteiger charge is -2.11. The smallest absolute Gasteiger partial charge is 0.287 e. The topological polar surface area (TPSA) is 64.0 Å². The monoisotopic (exact) mass is 363 g/mol. The maximum Gasteiger partial charge on any atom is 0.287 e. The van der Waals surface area contributed by atoms with E-state index in [4.69, 9.17) is 11.6 Å². The van der Waals surface area contributed by atoms with Crippen LogP contribution < -0.4 is 10.9 Å². The third-order valence-corrected chi connectivity index (χ3v) is 5.15. The molecule has 1 aromatic heterocycles. The first-order valence-corrected chi connectivity index (χ1v) is 9.25. The number of carbonyl (C=O) groups is 1. The minimum Gasteiger partial charge on any atom is -0.353 e. The molecule has 24 heavy (non-hydrogen) atoms. The molecular weight excluding hydrogens is 346 g/mol. The largest absolute Gasteiger partial charge is 0.353 e. The van der Waals surface area contributed by atoms with Crippen LogP contribution in [0, 0.1) is 0 Å².